The highest BCUT2D eigenvalue weighted by Gasteiger charge is 2.35. The van der Waals surface area contributed by atoms with Crippen molar-refractivity contribution in [2.75, 3.05) is 26.7 Å². The number of pyridine rings is 1. The summed E-state index contributed by atoms with van der Waals surface area (Å²) >= 11 is 0. The number of hydrogen-bond acceptors (Lipinski definition) is 4. The molecule has 19 heavy (non-hydrogen) atoms. The molecular formula is C13H18FN3O2. The van der Waals surface area contributed by atoms with Crippen LogP contribution in [0.25, 0.3) is 0 Å². The maximum Gasteiger partial charge on any atom is 0.273 e. The Morgan fingerprint density at radius 3 is 2.84 bits per heavy atom. The highest BCUT2D eigenvalue weighted by molar-refractivity contribution is 5.93. The lowest BCUT2D eigenvalue weighted by Crippen LogP contribution is -2.57. The summed E-state index contributed by atoms with van der Waals surface area (Å²) in [5.41, 5.74) is -0.901. The molecule has 104 valence electrons. The van der Waals surface area contributed by atoms with Crippen LogP contribution in [-0.2, 0) is 0 Å². The fraction of sp³-hybridized carbons (Fsp3) is 0.538. The summed E-state index contributed by atoms with van der Waals surface area (Å²) in [6, 6.07) is 2.63. The predicted octanol–water partition coefficient (Wildman–Crippen LogP) is 0.407. The molecule has 1 aliphatic heterocycles. The zero-order chi connectivity index (χ0) is 13.9. The van der Waals surface area contributed by atoms with Gasteiger partial charge in [-0.15, -0.1) is 0 Å². The van der Waals surface area contributed by atoms with Gasteiger partial charge in [-0.1, -0.05) is 0 Å². The Hall–Kier alpha value is -1.53. The molecule has 0 saturated carbocycles. The zero-order valence-corrected chi connectivity index (χ0v) is 10.9. The van der Waals surface area contributed by atoms with E-state index in [-0.39, 0.29) is 12.3 Å². The molecule has 0 radical (unpaired) electrons. The number of aromatic nitrogens is 1. The Bertz CT molecular complexity index is 459. The van der Waals surface area contributed by atoms with Gasteiger partial charge in [-0.3, -0.25) is 4.79 Å². The van der Waals surface area contributed by atoms with Crippen LogP contribution >= 0.6 is 0 Å². The first-order chi connectivity index (χ1) is 9.06. The van der Waals surface area contributed by atoms with E-state index in [2.05, 4.69) is 15.2 Å². The molecule has 5 nitrogen and oxygen atoms in total. The molecule has 1 fully saturated rings. The van der Waals surface area contributed by atoms with Crippen molar-refractivity contribution >= 4 is 5.91 Å². The molecule has 1 aromatic heterocycles. The quantitative estimate of drug-likeness (QED) is 0.832. The van der Waals surface area contributed by atoms with Crippen molar-refractivity contribution < 1.29 is 14.3 Å². The van der Waals surface area contributed by atoms with E-state index in [9.17, 15) is 14.3 Å². The summed E-state index contributed by atoms with van der Waals surface area (Å²) in [7, 11) is 1.99. The average Bonchev–Trinajstić information content (AvgIpc) is 2.42. The summed E-state index contributed by atoms with van der Waals surface area (Å²) in [5, 5.41) is 12.3. The summed E-state index contributed by atoms with van der Waals surface area (Å²) in [6.45, 7) is 1.41. The number of amides is 1. The molecule has 0 unspecified atom stereocenters. The van der Waals surface area contributed by atoms with E-state index >= 15 is 0 Å². The first-order valence-corrected chi connectivity index (χ1v) is 6.29. The van der Waals surface area contributed by atoms with Crippen LogP contribution in [-0.4, -0.2) is 53.2 Å². The van der Waals surface area contributed by atoms with E-state index in [1.807, 2.05) is 7.05 Å². The van der Waals surface area contributed by atoms with Gasteiger partial charge < -0.3 is 15.3 Å². The number of hydrogen-bond donors (Lipinski definition) is 2. The van der Waals surface area contributed by atoms with Crippen molar-refractivity contribution in [3.63, 3.8) is 0 Å². The normalized spacial score (nSPS) is 19.1. The number of likely N-dealkylation sites (tertiary alicyclic amines) is 1. The van der Waals surface area contributed by atoms with Gasteiger partial charge in [0, 0.05) is 19.3 Å². The molecule has 1 saturated heterocycles. The third-order valence-corrected chi connectivity index (χ3v) is 3.60. The predicted molar refractivity (Wildman–Crippen MR) is 68.2 cm³/mol. The van der Waals surface area contributed by atoms with Crippen LogP contribution < -0.4 is 5.32 Å². The second kappa shape index (κ2) is 5.63. The minimum atomic E-state index is -0.673. The van der Waals surface area contributed by atoms with Gasteiger partial charge in [0.15, 0.2) is 11.5 Å². The summed E-state index contributed by atoms with van der Waals surface area (Å²) < 4.78 is 13.5. The van der Waals surface area contributed by atoms with Crippen molar-refractivity contribution in [1.82, 2.24) is 15.2 Å². The molecule has 2 rings (SSSR count). The van der Waals surface area contributed by atoms with Crippen molar-refractivity contribution in [3.8, 4) is 0 Å². The monoisotopic (exact) mass is 267 g/mol. The number of aliphatic hydroxyl groups excluding tert-OH is 1. The van der Waals surface area contributed by atoms with Crippen molar-refractivity contribution in [2.24, 2.45) is 0 Å². The lowest BCUT2D eigenvalue weighted by Gasteiger charge is -2.39. The summed E-state index contributed by atoms with van der Waals surface area (Å²) in [5.74, 6) is -1.22. The molecule has 0 aromatic carbocycles. The minimum absolute atomic E-state index is 0.152. The molecule has 1 aromatic rings. The van der Waals surface area contributed by atoms with Crippen LogP contribution in [0.4, 0.5) is 4.39 Å². The molecule has 2 heterocycles. The number of rotatable bonds is 3. The number of nitrogens with zero attached hydrogens (tertiary/aromatic N) is 2. The van der Waals surface area contributed by atoms with Gasteiger partial charge in [-0.2, -0.15) is 0 Å². The van der Waals surface area contributed by atoms with Crippen LogP contribution in [0.1, 0.15) is 23.3 Å². The Labute approximate surface area is 111 Å². The molecule has 0 aliphatic carbocycles. The smallest absolute Gasteiger partial charge is 0.273 e. The molecule has 0 spiro atoms. The average molecular weight is 267 g/mol. The third kappa shape index (κ3) is 3.08. The molecular weight excluding hydrogens is 249 g/mol. The lowest BCUT2D eigenvalue weighted by molar-refractivity contribution is 0.0656. The SMILES string of the molecule is CN1CCC(CO)(NC(=O)c2ncccc2F)CC1. The first-order valence-electron chi connectivity index (χ1n) is 6.29. The molecule has 1 aliphatic rings. The second-order valence-electron chi connectivity index (χ2n) is 5.03. The molecule has 1 amide bonds. The van der Waals surface area contributed by atoms with Crippen LogP contribution in [0.2, 0.25) is 0 Å². The number of halogens is 1. The summed E-state index contributed by atoms with van der Waals surface area (Å²) in [4.78, 5) is 17.9. The van der Waals surface area contributed by atoms with E-state index in [1.165, 1.54) is 18.3 Å². The van der Waals surface area contributed by atoms with Crippen molar-refractivity contribution in [1.29, 1.82) is 0 Å². The van der Waals surface area contributed by atoms with Gasteiger partial charge in [-0.05, 0) is 32.0 Å². The maximum absolute atomic E-state index is 13.5. The van der Waals surface area contributed by atoms with E-state index < -0.39 is 17.3 Å². The van der Waals surface area contributed by atoms with E-state index in [0.717, 1.165) is 13.1 Å². The number of piperidine rings is 1. The number of carbonyl (C=O) groups excluding carboxylic acids is 1. The molecule has 0 atom stereocenters. The Morgan fingerprint density at radius 2 is 2.26 bits per heavy atom. The van der Waals surface area contributed by atoms with Crippen LogP contribution in [0.15, 0.2) is 18.3 Å². The van der Waals surface area contributed by atoms with Gasteiger partial charge >= 0.3 is 0 Å². The van der Waals surface area contributed by atoms with Crippen LogP contribution in [0.5, 0.6) is 0 Å². The first kappa shape index (κ1) is 13.9. The van der Waals surface area contributed by atoms with Gasteiger partial charge in [0.2, 0.25) is 0 Å². The fourth-order valence-electron chi connectivity index (χ4n) is 2.22. The largest absolute Gasteiger partial charge is 0.394 e. The minimum Gasteiger partial charge on any atom is -0.394 e. The third-order valence-electron chi connectivity index (χ3n) is 3.60. The Kier molecular flexibility index (Phi) is 4.11. The van der Waals surface area contributed by atoms with E-state index in [0.29, 0.717) is 12.8 Å². The Morgan fingerprint density at radius 1 is 1.58 bits per heavy atom. The maximum atomic E-state index is 13.5. The summed E-state index contributed by atoms with van der Waals surface area (Å²) in [6.07, 6.45) is 2.65. The van der Waals surface area contributed by atoms with Gasteiger partial charge in [0.1, 0.15) is 0 Å². The van der Waals surface area contributed by atoms with E-state index in [4.69, 9.17) is 0 Å². The second-order valence-corrected chi connectivity index (χ2v) is 5.03. The van der Waals surface area contributed by atoms with Crippen LogP contribution in [0.3, 0.4) is 0 Å². The highest BCUT2D eigenvalue weighted by Crippen LogP contribution is 2.21. The van der Waals surface area contributed by atoms with Gasteiger partial charge in [-0.25, -0.2) is 9.37 Å². The molecule has 0 bridgehead atoms. The molecule has 6 heteroatoms. The highest BCUT2D eigenvalue weighted by atomic mass is 19.1. The number of carbonyl (C=O) groups is 1. The van der Waals surface area contributed by atoms with Gasteiger partial charge in [0.05, 0.1) is 12.1 Å². The molecule has 2 N–H and O–H groups in total. The lowest BCUT2D eigenvalue weighted by atomic mass is 9.88. The van der Waals surface area contributed by atoms with Crippen LogP contribution in [0, 0.1) is 5.82 Å². The topological polar surface area (TPSA) is 65.5 Å². The fourth-order valence-corrected chi connectivity index (χ4v) is 2.22. The van der Waals surface area contributed by atoms with Gasteiger partial charge in [0.25, 0.3) is 5.91 Å². The van der Waals surface area contributed by atoms with E-state index in [1.54, 1.807) is 0 Å². The Balaban J connectivity index is 2.11. The number of nitrogens with one attached hydrogen (secondary N) is 1. The zero-order valence-electron chi connectivity index (χ0n) is 10.9. The van der Waals surface area contributed by atoms with Crippen molar-refractivity contribution in [3.05, 3.63) is 29.8 Å². The van der Waals surface area contributed by atoms with Crippen molar-refractivity contribution in [2.45, 2.75) is 18.4 Å². The number of aliphatic hydroxyl groups is 1. The standard InChI is InChI=1S/C13H18FN3O2/c1-17-7-4-13(9-18,5-8-17)16-12(19)11-10(14)3-2-6-15-11/h2-3,6,18H,4-5,7-9H2,1H3,(H,16,19).